The predicted molar refractivity (Wildman–Crippen MR) is 88.6 cm³/mol. The molecule has 1 aromatic heterocycles. The molecule has 0 unspecified atom stereocenters. The zero-order chi connectivity index (χ0) is 15.2. The minimum Gasteiger partial charge on any atom is -0.261 e. The van der Waals surface area contributed by atoms with Crippen LogP contribution in [0.3, 0.4) is 0 Å². The van der Waals surface area contributed by atoms with Gasteiger partial charge in [-0.2, -0.15) is 5.10 Å². The van der Waals surface area contributed by atoms with Crippen molar-refractivity contribution in [2.75, 3.05) is 5.43 Å². The van der Waals surface area contributed by atoms with Gasteiger partial charge in [0.2, 0.25) is 0 Å². The van der Waals surface area contributed by atoms with E-state index in [1.165, 1.54) is 36.1 Å². The number of anilines is 1. The second-order valence-corrected chi connectivity index (χ2v) is 5.83. The molecule has 0 amide bonds. The third kappa shape index (κ3) is 4.38. The van der Waals surface area contributed by atoms with Gasteiger partial charge in [-0.1, -0.05) is 25.3 Å². The third-order valence-corrected chi connectivity index (χ3v) is 3.90. The van der Waals surface area contributed by atoms with Gasteiger partial charge in [0, 0.05) is 11.8 Å². The molecule has 0 spiro atoms. The van der Waals surface area contributed by atoms with Gasteiger partial charge in [0.1, 0.15) is 11.6 Å². The van der Waals surface area contributed by atoms with Crippen molar-refractivity contribution in [1.29, 1.82) is 0 Å². The van der Waals surface area contributed by atoms with E-state index in [2.05, 4.69) is 34.3 Å². The highest BCUT2D eigenvalue weighted by Crippen LogP contribution is 2.27. The summed E-state index contributed by atoms with van der Waals surface area (Å²) in [6, 6.07) is 1.93. The maximum atomic E-state index is 4.60. The lowest BCUT2D eigenvalue weighted by Gasteiger charge is -2.07. The van der Waals surface area contributed by atoms with Crippen LogP contribution in [-0.4, -0.2) is 15.7 Å². The van der Waals surface area contributed by atoms with E-state index in [-0.39, 0.29) is 0 Å². The van der Waals surface area contributed by atoms with Crippen molar-refractivity contribution in [1.82, 2.24) is 9.97 Å². The van der Waals surface area contributed by atoms with Crippen LogP contribution < -0.4 is 5.43 Å². The highest BCUT2D eigenvalue weighted by molar-refractivity contribution is 6.03. The number of rotatable bonds is 6. The van der Waals surface area contributed by atoms with Gasteiger partial charge in [-0.25, -0.2) is 9.97 Å². The largest absolute Gasteiger partial charge is 0.261 e. The van der Waals surface area contributed by atoms with Crippen LogP contribution in [0, 0.1) is 13.8 Å². The molecule has 114 valence electrons. The molecular weight excluding hydrogens is 260 g/mol. The van der Waals surface area contributed by atoms with Crippen LogP contribution in [0.2, 0.25) is 0 Å². The number of hydrogen-bond acceptors (Lipinski definition) is 4. The summed E-state index contributed by atoms with van der Waals surface area (Å²) in [4.78, 5) is 8.65. The van der Waals surface area contributed by atoms with E-state index >= 15 is 0 Å². The lowest BCUT2D eigenvalue weighted by molar-refractivity contribution is 0.720. The van der Waals surface area contributed by atoms with Crippen LogP contribution in [0.1, 0.15) is 63.9 Å². The Bertz CT molecular complexity index is 538. The lowest BCUT2D eigenvalue weighted by Crippen LogP contribution is -2.04. The molecule has 0 saturated heterocycles. The summed E-state index contributed by atoms with van der Waals surface area (Å²) >= 11 is 0. The highest BCUT2D eigenvalue weighted by atomic mass is 15.3. The number of aromatic nitrogens is 2. The van der Waals surface area contributed by atoms with Gasteiger partial charge in [-0.3, -0.25) is 5.43 Å². The van der Waals surface area contributed by atoms with Gasteiger partial charge >= 0.3 is 0 Å². The van der Waals surface area contributed by atoms with E-state index in [1.54, 1.807) is 0 Å². The van der Waals surface area contributed by atoms with Crippen molar-refractivity contribution >= 4 is 11.5 Å². The van der Waals surface area contributed by atoms with E-state index in [0.717, 1.165) is 36.6 Å². The Labute approximate surface area is 127 Å². The molecule has 1 aliphatic rings. The predicted octanol–water partition coefficient (Wildman–Crippen LogP) is 4.55. The lowest BCUT2D eigenvalue weighted by atomic mass is 10.0. The zero-order valence-electron chi connectivity index (χ0n) is 13.7. The summed E-state index contributed by atoms with van der Waals surface area (Å²) < 4.78 is 0. The first kappa shape index (κ1) is 15.7. The van der Waals surface area contributed by atoms with Crippen LogP contribution in [-0.2, 0) is 0 Å². The molecule has 1 aliphatic carbocycles. The molecule has 0 fully saturated rings. The van der Waals surface area contributed by atoms with Gasteiger partial charge < -0.3 is 0 Å². The molecule has 0 radical (unpaired) electrons. The standard InChI is InChI=1S/C17H26N4/c1-5-6-7-8-15-12(2)9-10-16(15)20-21-17-11-13(3)18-14(4)19-17/h11H,5-10H2,1-4H3,(H,18,19,21). The van der Waals surface area contributed by atoms with Crippen molar-refractivity contribution in [3.8, 4) is 0 Å². The van der Waals surface area contributed by atoms with E-state index < -0.39 is 0 Å². The molecule has 0 atom stereocenters. The van der Waals surface area contributed by atoms with Crippen molar-refractivity contribution in [3.05, 3.63) is 28.7 Å². The second-order valence-electron chi connectivity index (χ2n) is 5.83. The Hall–Kier alpha value is -1.71. The number of hydrazone groups is 1. The molecular formula is C17H26N4. The van der Waals surface area contributed by atoms with E-state index in [1.807, 2.05) is 19.9 Å². The quantitative estimate of drug-likeness (QED) is 0.616. The van der Waals surface area contributed by atoms with Crippen LogP contribution >= 0.6 is 0 Å². The summed E-state index contributed by atoms with van der Waals surface area (Å²) in [6.45, 7) is 8.36. The number of allylic oxidation sites excluding steroid dienone is 2. The summed E-state index contributed by atoms with van der Waals surface area (Å²) in [5.41, 5.74) is 8.24. The molecule has 2 rings (SSSR count). The molecule has 1 aromatic rings. The Morgan fingerprint density at radius 2 is 1.95 bits per heavy atom. The second kappa shape index (κ2) is 7.34. The van der Waals surface area contributed by atoms with E-state index in [4.69, 9.17) is 0 Å². The number of aryl methyl sites for hydroxylation is 2. The molecule has 0 aliphatic heterocycles. The topological polar surface area (TPSA) is 50.2 Å². The molecule has 0 aromatic carbocycles. The fraction of sp³-hybridized carbons (Fsp3) is 0.588. The Balaban J connectivity index is 2.06. The number of nitrogens with zero attached hydrogens (tertiary/aromatic N) is 3. The normalized spacial score (nSPS) is 16.9. The summed E-state index contributed by atoms with van der Waals surface area (Å²) in [5.74, 6) is 1.56. The van der Waals surface area contributed by atoms with Crippen LogP contribution in [0.15, 0.2) is 22.3 Å². The fourth-order valence-electron chi connectivity index (χ4n) is 2.79. The maximum Gasteiger partial charge on any atom is 0.150 e. The van der Waals surface area contributed by atoms with Gasteiger partial charge in [-0.05, 0) is 52.0 Å². The Morgan fingerprint density at radius 1 is 1.14 bits per heavy atom. The fourth-order valence-corrected chi connectivity index (χ4v) is 2.79. The molecule has 1 N–H and O–H groups in total. The van der Waals surface area contributed by atoms with Crippen LogP contribution in [0.5, 0.6) is 0 Å². The molecule has 0 saturated carbocycles. The summed E-state index contributed by atoms with van der Waals surface area (Å²) in [6.07, 6.45) is 7.15. The van der Waals surface area contributed by atoms with Crippen LogP contribution in [0.25, 0.3) is 0 Å². The van der Waals surface area contributed by atoms with Crippen molar-refractivity contribution in [3.63, 3.8) is 0 Å². The van der Waals surface area contributed by atoms with Crippen LogP contribution in [0.4, 0.5) is 5.82 Å². The average Bonchev–Trinajstić information content (AvgIpc) is 2.77. The maximum absolute atomic E-state index is 4.60. The highest BCUT2D eigenvalue weighted by Gasteiger charge is 2.18. The molecule has 4 heteroatoms. The number of unbranched alkanes of at least 4 members (excludes halogenated alkanes) is 2. The third-order valence-electron chi connectivity index (χ3n) is 3.90. The summed E-state index contributed by atoms with van der Waals surface area (Å²) in [7, 11) is 0. The first-order chi connectivity index (χ1) is 10.1. The molecule has 4 nitrogen and oxygen atoms in total. The minimum absolute atomic E-state index is 0.777. The van der Waals surface area contributed by atoms with Gasteiger partial charge in [0.15, 0.2) is 0 Å². The summed E-state index contributed by atoms with van der Waals surface area (Å²) in [5, 5.41) is 4.60. The first-order valence-electron chi connectivity index (χ1n) is 7.94. The minimum atomic E-state index is 0.777. The molecule has 21 heavy (non-hydrogen) atoms. The van der Waals surface area contributed by atoms with Crippen molar-refractivity contribution in [2.24, 2.45) is 5.10 Å². The SMILES string of the molecule is CCCCCC1=C(C)CCC1=NNc1cc(C)nc(C)n1. The van der Waals surface area contributed by atoms with E-state index in [9.17, 15) is 0 Å². The first-order valence-corrected chi connectivity index (χ1v) is 7.94. The van der Waals surface area contributed by atoms with E-state index in [0.29, 0.717) is 0 Å². The monoisotopic (exact) mass is 286 g/mol. The number of nitrogens with one attached hydrogen (secondary N) is 1. The Kier molecular flexibility index (Phi) is 5.48. The van der Waals surface area contributed by atoms with Crippen molar-refractivity contribution < 1.29 is 0 Å². The molecule has 0 bridgehead atoms. The molecule has 1 heterocycles. The van der Waals surface area contributed by atoms with Gasteiger partial charge in [0.05, 0.1) is 5.71 Å². The van der Waals surface area contributed by atoms with Gasteiger partial charge in [-0.15, -0.1) is 0 Å². The van der Waals surface area contributed by atoms with Crippen molar-refractivity contribution in [2.45, 2.75) is 66.2 Å². The zero-order valence-corrected chi connectivity index (χ0v) is 13.7. The average molecular weight is 286 g/mol. The smallest absolute Gasteiger partial charge is 0.150 e. The number of hydrogen-bond donors (Lipinski definition) is 1. The Morgan fingerprint density at radius 3 is 2.67 bits per heavy atom. The van der Waals surface area contributed by atoms with Gasteiger partial charge in [0.25, 0.3) is 0 Å².